The first kappa shape index (κ1) is 12.9. The van der Waals surface area contributed by atoms with Gasteiger partial charge in [0.2, 0.25) is 0 Å². The standard InChI is InChI=1S/C15H28N2/c1-2-6-13-8-10-14(11-9-13)17-15-7-4-3-5-12-16-15/h13-14H,2-12H2,1H3,(H,16,17). The molecule has 1 fully saturated rings. The van der Waals surface area contributed by atoms with E-state index < -0.39 is 0 Å². The van der Waals surface area contributed by atoms with Crippen LogP contribution in [0.25, 0.3) is 0 Å². The largest absolute Gasteiger partial charge is 0.371 e. The molecule has 1 aliphatic heterocycles. The van der Waals surface area contributed by atoms with Crippen molar-refractivity contribution >= 4 is 5.84 Å². The third-order valence-electron chi connectivity index (χ3n) is 4.29. The lowest BCUT2D eigenvalue weighted by Gasteiger charge is -2.30. The van der Waals surface area contributed by atoms with Crippen molar-refractivity contribution in [1.29, 1.82) is 0 Å². The molecule has 1 saturated carbocycles. The summed E-state index contributed by atoms with van der Waals surface area (Å²) in [6.07, 6.45) is 13.5. The number of nitrogens with one attached hydrogen (secondary N) is 1. The highest BCUT2D eigenvalue weighted by Gasteiger charge is 2.21. The molecule has 1 aliphatic carbocycles. The topological polar surface area (TPSA) is 24.4 Å². The summed E-state index contributed by atoms with van der Waals surface area (Å²) in [5.41, 5.74) is 0. The average Bonchev–Trinajstić information content (AvgIpc) is 2.61. The zero-order valence-corrected chi connectivity index (χ0v) is 11.4. The van der Waals surface area contributed by atoms with Gasteiger partial charge in [0.1, 0.15) is 0 Å². The fourth-order valence-corrected chi connectivity index (χ4v) is 3.23. The number of hydrogen-bond acceptors (Lipinski definition) is 2. The van der Waals surface area contributed by atoms with Crippen LogP contribution in [-0.2, 0) is 0 Å². The van der Waals surface area contributed by atoms with Crippen LogP contribution in [0.5, 0.6) is 0 Å². The van der Waals surface area contributed by atoms with Gasteiger partial charge in [0, 0.05) is 19.0 Å². The van der Waals surface area contributed by atoms with E-state index in [2.05, 4.69) is 17.2 Å². The summed E-state index contributed by atoms with van der Waals surface area (Å²) in [6.45, 7) is 3.36. The molecule has 2 heteroatoms. The lowest BCUT2D eigenvalue weighted by Crippen LogP contribution is -2.37. The predicted octanol–water partition coefficient (Wildman–Crippen LogP) is 3.91. The minimum Gasteiger partial charge on any atom is -0.371 e. The molecule has 0 bridgehead atoms. The predicted molar refractivity (Wildman–Crippen MR) is 74.6 cm³/mol. The molecule has 2 rings (SSSR count). The SMILES string of the molecule is CCCC1CCC(NC2=NCCCCC2)CC1. The highest BCUT2D eigenvalue weighted by atomic mass is 15.0. The summed E-state index contributed by atoms with van der Waals surface area (Å²) in [4.78, 5) is 4.68. The van der Waals surface area contributed by atoms with Gasteiger partial charge in [0.15, 0.2) is 0 Å². The van der Waals surface area contributed by atoms with Crippen LogP contribution in [0.3, 0.4) is 0 Å². The zero-order valence-electron chi connectivity index (χ0n) is 11.4. The molecule has 98 valence electrons. The van der Waals surface area contributed by atoms with Gasteiger partial charge in [0.05, 0.1) is 5.84 Å². The van der Waals surface area contributed by atoms with E-state index in [1.54, 1.807) is 0 Å². The second kappa shape index (κ2) is 7.03. The minimum absolute atomic E-state index is 0.722. The Morgan fingerprint density at radius 3 is 2.71 bits per heavy atom. The first-order chi connectivity index (χ1) is 8.38. The monoisotopic (exact) mass is 236 g/mol. The molecule has 0 aromatic carbocycles. The summed E-state index contributed by atoms with van der Waals surface area (Å²) in [7, 11) is 0. The smallest absolute Gasteiger partial charge is 0.0965 e. The molecule has 0 atom stereocenters. The second-order valence-corrected chi connectivity index (χ2v) is 5.79. The molecule has 1 heterocycles. The van der Waals surface area contributed by atoms with Crippen LogP contribution in [0, 0.1) is 5.92 Å². The van der Waals surface area contributed by atoms with Crippen LogP contribution < -0.4 is 5.32 Å². The Balaban J connectivity index is 1.71. The van der Waals surface area contributed by atoms with Crippen LogP contribution in [-0.4, -0.2) is 18.4 Å². The van der Waals surface area contributed by atoms with Crippen molar-refractivity contribution in [2.75, 3.05) is 6.54 Å². The minimum atomic E-state index is 0.722. The van der Waals surface area contributed by atoms with E-state index in [9.17, 15) is 0 Å². The maximum atomic E-state index is 4.68. The Bertz CT molecular complexity index is 239. The third kappa shape index (κ3) is 4.33. The Kier molecular flexibility index (Phi) is 5.34. The molecule has 0 radical (unpaired) electrons. The summed E-state index contributed by atoms with van der Waals surface area (Å²) in [6, 6.07) is 0.722. The molecule has 0 unspecified atom stereocenters. The van der Waals surface area contributed by atoms with Crippen LogP contribution in [0.4, 0.5) is 0 Å². The van der Waals surface area contributed by atoms with Gasteiger partial charge < -0.3 is 5.32 Å². The lowest BCUT2D eigenvalue weighted by molar-refractivity contribution is 0.295. The number of nitrogens with zero attached hydrogens (tertiary/aromatic N) is 1. The van der Waals surface area contributed by atoms with Crippen molar-refractivity contribution in [2.45, 2.75) is 77.2 Å². The molecular weight excluding hydrogens is 208 g/mol. The van der Waals surface area contributed by atoms with Crippen LogP contribution in [0.1, 0.15) is 71.1 Å². The average molecular weight is 236 g/mol. The van der Waals surface area contributed by atoms with Crippen LogP contribution in [0.15, 0.2) is 4.99 Å². The summed E-state index contributed by atoms with van der Waals surface area (Å²) >= 11 is 0. The van der Waals surface area contributed by atoms with E-state index in [4.69, 9.17) is 0 Å². The van der Waals surface area contributed by atoms with Gasteiger partial charge in [0.25, 0.3) is 0 Å². The van der Waals surface area contributed by atoms with Gasteiger partial charge in [-0.2, -0.15) is 0 Å². The van der Waals surface area contributed by atoms with E-state index in [0.717, 1.165) is 18.5 Å². The Morgan fingerprint density at radius 1 is 1.12 bits per heavy atom. The quantitative estimate of drug-likeness (QED) is 0.789. The van der Waals surface area contributed by atoms with Gasteiger partial charge in [-0.25, -0.2) is 0 Å². The Labute approximate surface area is 106 Å². The van der Waals surface area contributed by atoms with Crippen molar-refractivity contribution in [2.24, 2.45) is 10.9 Å². The fourth-order valence-electron chi connectivity index (χ4n) is 3.23. The van der Waals surface area contributed by atoms with Gasteiger partial charge in [-0.3, -0.25) is 4.99 Å². The normalized spacial score (nSPS) is 30.5. The van der Waals surface area contributed by atoms with Crippen molar-refractivity contribution < 1.29 is 0 Å². The third-order valence-corrected chi connectivity index (χ3v) is 4.29. The van der Waals surface area contributed by atoms with Crippen molar-refractivity contribution in [1.82, 2.24) is 5.32 Å². The van der Waals surface area contributed by atoms with Crippen molar-refractivity contribution in [3.8, 4) is 0 Å². The molecule has 0 amide bonds. The number of amidine groups is 1. The van der Waals surface area contributed by atoms with Crippen LogP contribution >= 0.6 is 0 Å². The first-order valence-electron chi connectivity index (χ1n) is 7.68. The molecule has 2 aliphatic rings. The first-order valence-corrected chi connectivity index (χ1v) is 7.68. The fraction of sp³-hybridized carbons (Fsp3) is 0.933. The molecule has 0 spiro atoms. The number of hydrogen-bond donors (Lipinski definition) is 1. The lowest BCUT2D eigenvalue weighted by atomic mass is 9.83. The van der Waals surface area contributed by atoms with E-state index in [1.165, 1.54) is 70.0 Å². The molecule has 2 nitrogen and oxygen atoms in total. The van der Waals surface area contributed by atoms with E-state index >= 15 is 0 Å². The highest BCUT2D eigenvalue weighted by Crippen LogP contribution is 2.27. The summed E-state index contributed by atoms with van der Waals surface area (Å²) in [5, 5.41) is 3.71. The second-order valence-electron chi connectivity index (χ2n) is 5.79. The molecule has 0 saturated heterocycles. The zero-order chi connectivity index (χ0) is 11.9. The molecule has 17 heavy (non-hydrogen) atoms. The van der Waals surface area contributed by atoms with E-state index in [1.807, 2.05) is 0 Å². The van der Waals surface area contributed by atoms with Gasteiger partial charge in [-0.15, -0.1) is 0 Å². The van der Waals surface area contributed by atoms with Crippen molar-refractivity contribution in [3.05, 3.63) is 0 Å². The van der Waals surface area contributed by atoms with Gasteiger partial charge in [-0.1, -0.05) is 26.2 Å². The van der Waals surface area contributed by atoms with E-state index in [-0.39, 0.29) is 0 Å². The van der Waals surface area contributed by atoms with Crippen LogP contribution in [0.2, 0.25) is 0 Å². The molecule has 0 aromatic heterocycles. The molecule has 1 N–H and O–H groups in total. The number of rotatable bonds is 3. The molecular formula is C15H28N2. The Morgan fingerprint density at radius 2 is 1.94 bits per heavy atom. The number of aliphatic imine (C=N–C) groups is 1. The van der Waals surface area contributed by atoms with E-state index in [0.29, 0.717) is 0 Å². The Hall–Kier alpha value is -0.530. The van der Waals surface area contributed by atoms with Gasteiger partial charge >= 0.3 is 0 Å². The highest BCUT2D eigenvalue weighted by molar-refractivity contribution is 5.82. The summed E-state index contributed by atoms with van der Waals surface area (Å²) in [5.74, 6) is 2.32. The van der Waals surface area contributed by atoms with Crippen molar-refractivity contribution in [3.63, 3.8) is 0 Å². The maximum Gasteiger partial charge on any atom is 0.0965 e. The summed E-state index contributed by atoms with van der Waals surface area (Å²) < 4.78 is 0. The molecule has 0 aromatic rings. The maximum absolute atomic E-state index is 4.68. The van der Waals surface area contributed by atoms with Gasteiger partial charge in [-0.05, 0) is 44.4 Å².